The van der Waals surface area contributed by atoms with Crippen LogP contribution in [-0.4, -0.2) is 25.1 Å². The largest absolute Gasteiger partial charge is 0.344 e. The van der Waals surface area contributed by atoms with Crippen molar-refractivity contribution in [3.63, 3.8) is 0 Å². The van der Waals surface area contributed by atoms with Crippen molar-refractivity contribution in [2.75, 3.05) is 5.32 Å². The third-order valence-corrected chi connectivity index (χ3v) is 2.45. The highest BCUT2D eigenvalue weighted by atomic mass is 35.5. The van der Waals surface area contributed by atoms with E-state index in [1.54, 1.807) is 12.4 Å². The molecule has 0 amide bonds. The predicted molar refractivity (Wildman–Crippen MR) is 64.8 cm³/mol. The van der Waals surface area contributed by atoms with Crippen LogP contribution in [0.5, 0.6) is 0 Å². The molecule has 0 aliphatic rings. The minimum absolute atomic E-state index is 0.0128. The van der Waals surface area contributed by atoms with E-state index in [2.05, 4.69) is 30.5 Å². The van der Waals surface area contributed by atoms with Crippen molar-refractivity contribution in [1.29, 1.82) is 0 Å². The number of nitrogens with one attached hydrogen (secondary N) is 2. The van der Waals surface area contributed by atoms with E-state index in [-0.39, 0.29) is 6.04 Å². The van der Waals surface area contributed by atoms with Gasteiger partial charge in [0.25, 0.3) is 0 Å². The first-order valence-corrected chi connectivity index (χ1v) is 5.70. The molecule has 0 radical (unpaired) electrons. The van der Waals surface area contributed by atoms with Crippen molar-refractivity contribution in [2.45, 2.75) is 26.3 Å². The van der Waals surface area contributed by atoms with Gasteiger partial charge in [0, 0.05) is 0 Å². The summed E-state index contributed by atoms with van der Waals surface area (Å²) in [4.78, 5) is 12.4. The van der Waals surface area contributed by atoms with Gasteiger partial charge in [-0.25, -0.2) is 15.0 Å². The smallest absolute Gasteiger partial charge is 0.223 e. The van der Waals surface area contributed by atoms with Crippen molar-refractivity contribution in [3.05, 3.63) is 29.1 Å². The van der Waals surface area contributed by atoms with E-state index in [0.29, 0.717) is 16.8 Å². The minimum atomic E-state index is -0.0128. The van der Waals surface area contributed by atoms with Crippen LogP contribution in [0.1, 0.15) is 31.0 Å². The van der Waals surface area contributed by atoms with Crippen molar-refractivity contribution in [3.8, 4) is 0 Å². The van der Waals surface area contributed by atoms with Crippen LogP contribution in [0.2, 0.25) is 5.02 Å². The maximum atomic E-state index is 5.72. The molecule has 2 heterocycles. The van der Waals surface area contributed by atoms with Crippen LogP contribution in [0, 0.1) is 6.92 Å². The Morgan fingerprint density at radius 2 is 2.12 bits per heavy atom. The molecule has 0 saturated heterocycles. The SMILES string of the molecule is CC[C@H](Nc1ncc(Cl)cn1)c1n[nH]c(C)n1. The molecular formula is C10H13ClN6. The first-order valence-electron chi connectivity index (χ1n) is 5.32. The maximum absolute atomic E-state index is 5.72. The highest BCUT2D eigenvalue weighted by molar-refractivity contribution is 6.30. The van der Waals surface area contributed by atoms with Crippen molar-refractivity contribution in [2.24, 2.45) is 0 Å². The van der Waals surface area contributed by atoms with Crippen LogP contribution in [0.15, 0.2) is 12.4 Å². The first-order chi connectivity index (χ1) is 8.19. The fourth-order valence-corrected chi connectivity index (χ4v) is 1.51. The average molecular weight is 253 g/mol. The third kappa shape index (κ3) is 2.91. The lowest BCUT2D eigenvalue weighted by atomic mass is 10.2. The number of nitrogens with zero attached hydrogens (tertiary/aromatic N) is 4. The highest BCUT2D eigenvalue weighted by Crippen LogP contribution is 2.17. The lowest BCUT2D eigenvalue weighted by Gasteiger charge is -2.12. The Labute approximate surface area is 104 Å². The molecule has 0 fully saturated rings. The fourth-order valence-electron chi connectivity index (χ4n) is 1.41. The van der Waals surface area contributed by atoms with Crippen LogP contribution >= 0.6 is 11.6 Å². The van der Waals surface area contributed by atoms with Gasteiger partial charge in [-0.1, -0.05) is 18.5 Å². The second-order valence-corrected chi connectivity index (χ2v) is 4.05. The molecule has 0 aliphatic carbocycles. The number of halogens is 1. The molecule has 0 spiro atoms. The topological polar surface area (TPSA) is 79.4 Å². The van der Waals surface area contributed by atoms with Gasteiger partial charge in [0.1, 0.15) is 5.82 Å². The highest BCUT2D eigenvalue weighted by Gasteiger charge is 2.14. The van der Waals surface area contributed by atoms with Crippen molar-refractivity contribution in [1.82, 2.24) is 25.1 Å². The van der Waals surface area contributed by atoms with Crippen LogP contribution < -0.4 is 5.32 Å². The Morgan fingerprint density at radius 1 is 1.41 bits per heavy atom. The zero-order chi connectivity index (χ0) is 12.3. The molecule has 2 aromatic heterocycles. The van der Waals surface area contributed by atoms with Gasteiger partial charge in [0.15, 0.2) is 5.82 Å². The van der Waals surface area contributed by atoms with E-state index in [0.717, 1.165) is 12.2 Å². The average Bonchev–Trinajstić information content (AvgIpc) is 2.75. The summed E-state index contributed by atoms with van der Waals surface area (Å²) in [5.74, 6) is 2.02. The maximum Gasteiger partial charge on any atom is 0.223 e. The van der Waals surface area contributed by atoms with Gasteiger partial charge in [-0.3, -0.25) is 5.10 Å². The molecule has 1 atom stereocenters. The van der Waals surface area contributed by atoms with Gasteiger partial charge >= 0.3 is 0 Å². The quantitative estimate of drug-likeness (QED) is 0.871. The Hall–Kier alpha value is -1.69. The zero-order valence-corrected chi connectivity index (χ0v) is 10.4. The Kier molecular flexibility index (Phi) is 3.53. The van der Waals surface area contributed by atoms with Gasteiger partial charge in [0.05, 0.1) is 23.5 Å². The van der Waals surface area contributed by atoms with E-state index in [4.69, 9.17) is 11.6 Å². The van der Waals surface area contributed by atoms with E-state index in [1.807, 2.05) is 13.8 Å². The van der Waals surface area contributed by atoms with Crippen LogP contribution in [0.4, 0.5) is 5.95 Å². The van der Waals surface area contributed by atoms with Gasteiger partial charge in [-0.15, -0.1) is 0 Å². The number of H-pyrrole nitrogens is 1. The molecule has 7 heteroatoms. The summed E-state index contributed by atoms with van der Waals surface area (Å²) in [5.41, 5.74) is 0. The summed E-state index contributed by atoms with van der Waals surface area (Å²) in [7, 11) is 0. The van der Waals surface area contributed by atoms with Gasteiger partial charge < -0.3 is 5.32 Å². The minimum Gasteiger partial charge on any atom is -0.344 e. The lowest BCUT2D eigenvalue weighted by Crippen LogP contribution is -2.13. The van der Waals surface area contributed by atoms with Gasteiger partial charge in [-0.2, -0.15) is 5.10 Å². The molecule has 0 saturated carbocycles. The Bertz CT molecular complexity index is 480. The molecule has 0 aromatic carbocycles. The van der Waals surface area contributed by atoms with Crippen molar-refractivity contribution >= 4 is 17.5 Å². The number of hydrogen-bond donors (Lipinski definition) is 2. The zero-order valence-electron chi connectivity index (χ0n) is 9.61. The number of aromatic nitrogens is 5. The number of aromatic amines is 1. The molecule has 2 rings (SSSR count). The second-order valence-electron chi connectivity index (χ2n) is 3.61. The van der Waals surface area contributed by atoms with E-state index in [1.165, 1.54) is 0 Å². The summed E-state index contributed by atoms with van der Waals surface area (Å²) in [5, 5.41) is 10.6. The fraction of sp³-hybridized carbons (Fsp3) is 0.400. The standard InChI is InChI=1S/C10H13ClN6/c1-3-8(9-14-6(2)16-17-9)15-10-12-4-7(11)5-13-10/h4-5,8H,3H2,1-2H3,(H,12,13,15)(H,14,16,17)/t8-/m0/s1. The number of anilines is 1. The molecular weight excluding hydrogens is 240 g/mol. The van der Waals surface area contributed by atoms with E-state index < -0.39 is 0 Å². The number of aryl methyl sites for hydroxylation is 1. The molecule has 0 unspecified atom stereocenters. The monoisotopic (exact) mass is 252 g/mol. The van der Waals surface area contributed by atoms with Crippen LogP contribution in [0.25, 0.3) is 0 Å². The number of hydrogen-bond acceptors (Lipinski definition) is 5. The summed E-state index contributed by atoms with van der Waals surface area (Å²) in [6.07, 6.45) is 3.93. The van der Waals surface area contributed by atoms with E-state index >= 15 is 0 Å². The molecule has 6 nitrogen and oxygen atoms in total. The normalized spacial score (nSPS) is 12.4. The summed E-state index contributed by atoms with van der Waals surface area (Å²) >= 11 is 5.72. The Balaban J connectivity index is 2.12. The number of rotatable bonds is 4. The molecule has 17 heavy (non-hydrogen) atoms. The van der Waals surface area contributed by atoms with E-state index in [9.17, 15) is 0 Å². The molecule has 90 valence electrons. The van der Waals surface area contributed by atoms with Crippen molar-refractivity contribution < 1.29 is 0 Å². The molecule has 2 aromatic rings. The Morgan fingerprint density at radius 3 is 2.65 bits per heavy atom. The summed E-state index contributed by atoms with van der Waals surface area (Å²) < 4.78 is 0. The van der Waals surface area contributed by atoms with Crippen LogP contribution in [-0.2, 0) is 0 Å². The lowest BCUT2D eigenvalue weighted by molar-refractivity contribution is 0.688. The van der Waals surface area contributed by atoms with Crippen LogP contribution in [0.3, 0.4) is 0 Å². The first kappa shape index (κ1) is 11.8. The second kappa shape index (κ2) is 5.09. The summed E-state index contributed by atoms with van der Waals surface area (Å²) in [6.45, 7) is 3.90. The predicted octanol–water partition coefficient (Wildman–Crippen LogP) is 2.12. The molecule has 0 aliphatic heterocycles. The van der Waals surface area contributed by atoms with Gasteiger partial charge in [0.2, 0.25) is 5.95 Å². The molecule has 2 N–H and O–H groups in total. The molecule has 0 bridgehead atoms. The van der Waals surface area contributed by atoms with Gasteiger partial charge in [-0.05, 0) is 13.3 Å². The third-order valence-electron chi connectivity index (χ3n) is 2.26. The summed E-state index contributed by atoms with van der Waals surface area (Å²) in [6, 6.07) is -0.0128.